The summed E-state index contributed by atoms with van der Waals surface area (Å²) in [6.45, 7) is 0. The molecule has 4 atom stereocenters. The summed E-state index contributed by atoms with van der Waals surface area (Å²) >= 11 is 1.68. The molecule has 1 aliphatic heterocycles. The largest absolute Gasteiger partial charge is 0.368 e. The van der Waals surface area contributed by atoms with E-state index in [1.807, 2.05) is 18.2 Å². The van der Waals surface area contributed by atoms with Crippen molar-refractivity contribution in [2.24, 2.45) is 11.7 Å². The Morgan fingerprint density at radius 3 is 3.00 bits per heavy atom. The molecular weight excluding hydrogens is 298 g/mol. The molecule has 5 N–H and O–H groups in total. The number of amides is 1. The Hall–Kier alpha value is -1.70. The van der Waals surface area contributed by atoms with E-state index in [0.29, 0.717) is 12.1 Å². The lowest BCUT2D eigenvalue weighted by Gasteiger charge is -2.32. The number of nitrogens with two attached hydrogens (primary N) is 1. The Morgan fingerprint density at radius 2 is 2.18 bits per heavy atom. The number of carbonyl (C=O) groups excluding carboxylic acids is 1. The minimum Gasteiger partial charge on any atom is -0.368 e. The number of nitrogens with one attached hydrogen (secondary N) is 3. The monoisotopic (exact) mass is 317 g/mol. The summed E-state index contributed by atoms with van der Waals surface area (Å²) in [6, 6.07) is 8.55. The van der Waals surface area contributed by atoms with Crippen LogP contribution >= 0.6 is 11.3 Å². The molecule has 22 heavy (non-hydrogen) atoms. The van der Waals surface area contributed by atoms with Gasteiger partial charge in [-0.15, -0.1) is 0 Å². The summed E-state index contributed by atoms with van der Waals surface area (Å²) in [4.78, 5) is 16.2. The summed E-state index contributed by atoms with van der Waals surface area (Å²) in [6.07, 6.45) is 3.02. The fourth-order valence-corrected chi connectivity index (χ4v) is 4.52. The maximum atomic E-state index is 11.5. The molecule has 4 unspecified atom stereocenters. The molecule has 1 saturated carbocycles. The first-order valence-corrected chi connectivity index (χ1v) is 8.45. The van der Waals surface area contributed by atoms with Gasteiger partial charge in [0.1, 0.15) is 6.04 Å². The SMILES string of the molecule is NC(=O)C1NNC2CCC(Nc3nc4ccccc4s3)CC21. The lowest BCUT2D eigenvalue weighted by atomic mass is 9.79. The second-order valence-corrected chi connectivity index (χ2v) is 7.11. The summed E-state index contributed by atoms with van der Waals surface area (Å²) in [5.41, 5.74) is 12.8. The van der Waals surface area contributed by atoms with Gasteiger partial charge >= 0.3 is 0 Å². The first-order valence-electron chi connectivity index (χ1n) is 7.63. The summed E-state index contributed by atoms with van der Waals surface area (Å²) in [7, 11) is 0. The van der Waals surface area contributed by atoms with Crippen LogP contribution < -0.4 is 21.9 Å². The molecule has 0 radical (unpaired) electrons. The highest BCUT2D eigenvalue weighted by molar-refractivity contribution is 7.22. The molecule has 4 rings (SSSR count). The van der Waals surface area contributed by atoms with Gasteiger partial charge in [0.15, 0.2) is 5.13 Å². The van der Waals surface area contributed by atoms with Crippen molar-refractivity contribution in [2.45, 2.75) is 37.4 Å². The number of hydrazine groups is 1. The van der Waals surface area contributed by atoms with Crippen LogP contribution in [0.1, 0.15) is 19.3 Å². The van der Waals surface area contributed by atoms with Gasteiger partial charge in [0.2, 0.25) is 5.91 Å². The molecule has 2 aliphatic rings. The molecule has 7 heteroatoms. The second-order valence-electron chi connectivity index (χ2n) is 6.08. The second kappa shape index (κ2) is 5.49. The Labute approximate surface area is 132 Å². The number of rotatable bonds is 3. The van der Waals surface area contributed by atoms with Gasteiger partial charge in [0.05, 0.1) is 10.2 Å². The van der Waals surface area contributed by atoms with Crippen LogP contribution in [0.2, 0.25) is 0 Å². The smallest absolute Gasteiger partial charge is 0.236 e. The van der Waals surface area contributed by atoms with Crippen LogP contribution in [0.25, 0.3) is 10.2 Å². The van der Waals surface area contributed by atoms with E-state index in [0.717, 1.165) is 29.9 Å². The molecule has 1 aliphatic carbocycles. The number of benzene rings is 1. The van der Waals surface area contributed by atoms with Crippen molar-refractivity contribution in [1.29, 1.82) is 0 Å². The van der Waals surface area contributed by atoms with Crippen LogP contribution in [0, 0.1) is 5.92 Å². The molecule has 116 valence electrons. The van der Waals surface area contributed by atoms with E-state index < -0.39 is 0 Å². The zero-order valence-corrected chi connectivity index (χ0v) is 12.9. The predicted molar refractivity (Wildman–Crippen MR) is 87.4 cm³/mol. The van der Waals surface area contributed by atoms with E-state index in [9.17, 15) is 4.79 Å². The van der Waals surface area contributed by atoms with Crippen molar-refractivity contribution < 1.29 is 4.79 Å². The number of para-hydroxylation sites is 1. The summed E-state index contributed by atoms with van der Waals surface area (Å²) in [5, 5.41) is 4.50. The third-order valence-electron chi connectivity index (χ3n) is 4.68. The van der Waals surface area contributed by atoms with E-state index in [4.69, 9.17) is 5.73 Å². The molecule has 2 aromatic rings. The fraction of sp³-hybridized carbons (Fsp3) is 0.467. The van der Waals surface area contributed by atoms with E-state index >= 15 is 0 Å². The standard InChI is InChI=1S/C15H19N5OS/c16-14(21)13-9-7-8(5-6-10(9)19-20-13)17-15-18-11-3-1-2-4-12(11)22-15/h1-4,8-10,13,19-20H,5-7H2,(H2,16,21)(H,17,18). The lowest BCUT2D eigenvalue weighted by molar-refractivity contribution is -0.120. The van der Waals surface area contributed by atoms with Gasteiger partial charge in [-0.3, -0.25) is 10.2 Å². The van der Waals surface area contributed by atoms with Crippen molar-refractivity contribution in [3.8, 4) is 0 Å². The minimum absolute atomic E-state index is 0.248. The van der Waals surface area contributed by atoms with Crippen LogP contribution in [0.15, 0.2) is 24.3 Å². The van der Waals surface area contributed by atoms with Crippen LogP contribution in [-0.4, -0.2) is 29.0 Å². The molecule has 1 aromatic carbocycles. The van der Waals surface area contributed by atoms with Gasteiger partial charge in [-0.1, -0.05) is 23.5 Å². The Kier molecular flexibility index (Phi) is 3.48. The van der Waals surface area contributed by atoms with E-state index in [1.165, 1.54) is 4.70 Å². The Bertz CT molecular complexity index is 669. The number of hydrogen-bond donors (Lipinski definition) is 4. The van der Waals surface area contributed by atoms with E-state index in [2.05, 4.69) is 27.2 Å². The number of carbonyl (C=O) groups is 1. The normalized spacial score (nSPS) is 31.1. The quantitative estimate of drug-likeness (QED) is 0.683. The van der Waals surface area contributed by atoms with Crippen molar-refractivity contribution in [1.82, 2.24) is 15.8 Å². The highest BCUT2D eigenvalue weighted by Crippen LogP contribution is 2.33. The van der Waals surface area contributed by atoms with Crippen molar-refractivity contribution >= 4 is 32.6 Å². The molecule has 6 nitrogen and oxygen atoms in total. The van der Waals surface area contributed by atoms with Gasteiger partial charge < -0.3 is 11.1 Å². The van der Waals surface area contributed by atoms with E-state index in [1.54, 1.807) is 11.3 Å². The van der Waals surface area contributed by atoms with Crippen LogP contribution in [0.5, 0.6) is 0 Å². The minimum atomic E-state index is -0.277. The van der Waals surface area contributed by atoms with Gasteiger partial charge in [-0.2, -0.15) is 0 Å². The Morgan fingerprint density at radius 1 is 1.32 bits per heavy atom. The predicted octanol–water partition coefficient (Wildman–Crippen LogP) is 1.21. The Balaban J connectivity index is 1.48. The van der Waals surface area contributed by atoms with Crippen molar-refractivity contribution in [3.05, 3.63) is 24.3 Å². The van der Waals surface area contributed by atoms with Gasteiger partial charge in [0, 0.05) is 18.0 Å². The highest BCUT2D eigenvalue weighted by atomic mass is 32.1. The zero-order chi connectivity index (χ0) is 15.1. The summed E-state index contributed by atoms with van der Waals surface area (Å²) in [5.74, 6) is -0.0289. The van der Waals surface area contributed by atoms with Crippen LogP contribution in [0.4, 0.5) is 5.13 Å². The molecule has 2 fully saturated rings. The average molecular weight is 317 g/mol. The number of nitrogens with zero attached hydrogens (tertiary/aromatic N) is 1. The van der Waals surface area contributed by atoms with Crippen LogP contribution in [0.3, 0.4) is 0 Å². The molecular formula is C15H19N5OS. The van der Waals surface area contributed by atoms with Crippen molar-refractivity contribution in [2.75, 3.05) is 5.32 Å². The first-order chi connectivity index (χ1) is 10.7. The first kappa shape index (κ1) is 13.9. The maximum absolute atomic E-state index is 11.5. The van der Waals surface area contributed by atoms with E-state index in [-0.39, 0.29) is 17.9 Å². The molecule has 0 spiro atoms. The number of fused-ring (bicyclic) bond motifs is 2. The third kappa shape index (κ3) is 2.45. The number of thiazole rings is 1. The molecule has 1 aromatic heterocycles. The number of primary amides is 1. The maximum Gasteiger partial charge on any atom is 0.236 e. The molecule has 2 heterocycles. The average Bonchev–Trinajstić information content (AvgIpc) is 3.09. The molecule has 0 bridgehead atoms. The van der Waals surface area contributed by atoms with Crippen LogP contribution in [-0.2, 0) is 4.79 Å². The van der Waals surface area contributed by atoms with Gasteiger partial charge in [-0.25, -0.2) is 10.4 Å². The lowest BCUT2D eigenvalue weighted by Crippen LogP contribution is -2.44. The fourth-order valence-electron chi connectivity index (χ4n) is 3.58. The molecule has 1 amide bonds. The zero-order valence-electron chi connectivity index (χ0n) is 12.1. The third-order valence-corrected chi connectivity index (χ3v) is 5.65. The highest BCUT2D eigenvalue weighted by Gasteiger charge is 2.42. The van der Waals surface area contributed by atoms with Gasteiger partial charge in [-0.05, 0) is 31.4 Å². The number of hydrogen-bond acceptors (Lipinski definition) is 6. The van der Waals surface area contributed by atoms with Gasteiger partial charge in [0.25, 0.3) is 0 Å². The van der Waals surface area contributed by atoms with Crippen molar-refractivity contribution in [3.63, 3.8) is 0 Å². The number of anilines is 1. The molecule has 1 saturated heterocycles. The summed E-state index contributed by atoms with van der Waals surface area (Å²) < 4.78 is 1.19. The topological polar surface area (TPSA) is 92.1 Å². The number of aromatic nitrogens is 1.